The van der Waals surface area contributed by atoms with E-state index in [4.69, 9.17) is 0 Å². The van der Waals surface area contributed by atoms with Crippen molar-refractivity contribution in [2.75, 3.05) is 0 Å². The molecule has 128 valence electrons. The van der Waals surface area contributed by atoms with Crippen molar-refractivity contribution in [3.8, 4) is 0 Å². The van der Waals surface area contributed by atoms with Crippen molar-refractivity contribution in [1.82, 2.24) is 0 Å². The molecule has 0 aromatic heterocycles. The standard InChI is InChI=1S/C21H38O/c1-13(2)17-9-7-15(5)11-19(17)21(22)20-12-16(6)8-10-18(20)14(3)4/h13-20H,7-12H2,1-6H3/t15-,16-,17+,18+,19-,20-/m1/s1. The van der Waals surface area contributed by atoms with Gasteiger partial charge >= 0.3 is 0 Å². The van der Waals surface area contributed by atoms with Crippen molar-refractivity contribution in [1.29, 1.82) is 0 Å². The van der Waals surface area contributed by atoms with Crippen LogP contribution in [0.3, 0.4) is 0 Å². The van der Waals surface area contributed by atoms with Gasteiger partial charge in [-0.25, -0.2) is 0 Å². The number of hydrogen-bond donors (Lipinski definition) is 0. The van der Waals surface area contributed by atoms with Crippen LogP contribution < -0.4 is 0 Å². The first-order valence-corrected chi connectivity index (χ1v) is 9.84. The van der Waals surface area contributed by atoms with Crippen LogP contribution in [0.5, 0.6) is 0 Å². The molecule has 22 heavy (non-hydrogen) atoms. The summed E-state index contributed by atoms with van der Waals surface area (Å²) in [6.45, 7) is 14.0. The largest absolute Gasteiger partial charge is 0.299 e. The molecule has 0 aromatic carbocycles. The predicted octanol–water partition coefficient (Wildman–Crippen LogP) is 5.97. The van der Waals surface area contributed by atoms with E-state index < -0.39 is 0 Å². The van der Waals surface area contributed by atoms with E-state index in [0.717, 1.165) is 24.7 Å². The number of ketones is 1. The molecule has 0 aromatic rings. The van der Waals surface area contributed by atoms with E-state index in [-0.39, 0.29) is 0 Å². The second-order valence-corrected chi connectivity index (χ2v) is 9.27. The SMILES string of the molecule is CC(C)[C@@H]1CC[C@@H](C)C[C@H]1C(=O)[C@@H]1C[C@H](C)CC[C@H]1C(C)C. The van der Waals surface area contributed by atoms with Crippen molar-refractivity contribution in [3.63, 3.8) is 0 Å². The molecule has 2 rings (SSSR count). The first kappa shape index (κ1) is 18.0. The minimum absolute atomic E-state index is 0.347. The third kappa shape index (κ3) is 3.95. The van der Waals surface area contributed by atoms with Crippen LogP contribution in [0.2, 0.25) is 0 Å². The van der Waals surface area contributed by atoms with Crippen molar-refractivity contribution < 1.29 is 4.79 Å². The van der Waals surface area contributed by atoms with Crippen LogP contribution in [-0.4, -0.2) is 5.78 Å². The molecule has 0 aliphatic heterocycles. The molecular weight excluding hydrogens is 268 g/mol. The summed E-state index contributed by atoms with van der Waals surface area (Å²) >= 11 is 0. The Labute approximate surface area is 138 Å². The van der Waals surface area contributed by atoms with Gasteiger partial charge in [0.05, 0.1) is 0 Å². The number of Topliss-reactive ketones (excluding diaryl/α,β-unsaturated/α-hetero) is 1. The molecule has 0 heterocycles. The molecule has 1 nitrogen and oxygen atoms in total. The van der Waals surface area contributed by atoms with Crippen LogP contribution in [0.1, 0.15) is 80.1 Å². The Morgan fingerprint density at radius 3 is 1.41 bits per heavy atom. The first-order valence-electron chi connectivity index (χ1n) is 9.84. The lowest BCUT2D eigenvalue weighted by Gasteiger charge is -2.42. The summed E-state index contributed by atoms with van der Waals surface area (Å²) in [5.41, 5.74) is 0. The number of carbonyl (C=O) groups excluding carboxylic acids is 1. The highest BCUT2D eigenvalue weighted by Gasteiger charge is 2.42. The quantitative estimate of drug-likeness (QED) is 0.625. The zero-order valence-corrected chi connectivity index (χ0v) is 15.8. The highest BCUT2D eigenvalue weighted by atomic mass is 16.1. The van der Waals surface area contributed by atoms with Gasteiger partial charge in [-0.15, -0.1) is 0 Å². The van der Waals surface area contributed by atoms with Gasteiger partial charge in [-0.3, -0.25) is 4.79 Å². The minimum atomic E-state index is 0.347. The van der Waals surface area contributed by atoms with Crippen LogP contribution in [0.15, 0.2) is 0 Å². The Morgan fingerprint density at radius 1 is 0.727 bits per heavy atom. The maximum atomic E-state index is 13.5. The summed E-state index contributed by atoms with van der Waals surface area (Å²) in [4.78, 5) is 13.5. The van der Waals surface area contributed by atoms with Crippen LogP contribution in [0.25, 0.3) is 0 Å². The summed E-state index contributed by atoms with van der Waals surface area (Å²) in [6, 6.07) is 0. The van der Waals surface area contributed by atoms with Crippen LogP contribution in [-0.2, 0) is 4.79 Å². The lowest BCUT2D eigenvalue weighted by atomic mass is 9.61. The lowest BCUT2D eigenvalue weighted by Crippen LogP contribution is -2.42. The third-order valence-corrected chi connectivity index (χ3v) is 6.78. The monoisotopic (exact) mass is 306 g/mol. The summed E-state index contributed by atoms with van der Waals surface area (Å²) < 4.78 is 0. The fraction of sp³-hybridized carbons (Fsp3) is 0.952. The van der Waals surface area contributed by atoms with E-state index in [0.29, 0.717) is 41.3 Å². The van der Waals surface area contributed by atoms with Gasteiger partial charge < -0.3 is 0 Å². The molecular formula is C21H38O. The van der Waals surface area contributed by atoms with E-state index in [9.17, 15) is 4.79 Å². The molecule has 0 spiro atoms. The van der Waals surface area contributed by atoms with Crippen molar-refractivity contribution in [2.24, 2.45) is 47.3 Å². The van der Waals surface area contributed by atoms with E-state index in [1.54, 1.807) is 0 Å². The average molecular weight is 307 g/mol. The fourth-order valence-electron chi connectivity index (χ4n) is 5.33. The van der Waals surface area contributed by atoms with Crippen LogP contribution in [0.4, 0.5) is 0 Å². The Bertz CT molecular complexity index is 336. The third-order valence-electron chi connectivity index (χ3n) is 6.78. The molecule has 1 heteroatoms. The number of carbonyl (C=O) groups is 1. The Kier molecular flexibility index (Phi) is 6.14. The summed E-state index contributed by atoms with van der Waals surface area (Å²) in [6.07, 6.45) is 7.48. The maximum absolute atomic E-state index is 13.5. The van der Waals surface area contributed by atoms with Crippen molar-refractivity contribution in [3.05, 3.63) is 0 Å². The lowest BCUT2D eigenvalue weighted by molar-refractivity contribution is -0.135. The zero-order valence-electron chi connectivity index (χ0n) is 15.8. The highest BCUT2D eigenvalue weighted by molar-refractivity contribution is 5.84. The Hall–Kier alpha value is -0.330. The second-order valence-electron chi connectivity index (χ2n) is 9.27. The van der Waals surface area contributed by atoms with Gasteiger partial charge in [0, 0.05) is 11.8 Å². The van der Waals surface area contributed by atoms with Gasteiger partial charge in [-0.05, 0) is 61.2 Å². The van der Waals surface area contributed by atoms with Gasteiger partial charge in [0.15, 0.2) is 0 Å². The van der Waals surface area contributed by atoms with E-state index in [2.05, 4.69) is 41.5 Å². The van der Waals surface area contributed by atoms with Crippen molar-refractivity contribution in [2.45, 2.75) is 80.1 Å². The topological polar surface area (TPSA) is 17.1 Å². The number of rotatable bonds is 4. The Morgan fingerprint density at radius 2 is 1.09 bits per heavy atom. The average Bonchev–Trinajstić information content (AvgIpc) is 2.45. The van der Waals surface area contributed by atoms with Gasteiger partial charge in [0.25, 0.3) is 0 Å². The summed E-state index contributed by atoms with van der Waals surface area (Å²) in [7, 11) is 0. The summed E-state index contributed by atoms with van der Waals surface area (Å²) in [5, 5.41) is 0. The molecule has 0 saturated heterocycles. The molecule has 0 bridgehead atoms. The highest BCUT2D eigenvalue weighted by Crippen LogP contribution is 2.45. The first-order chi connectivity index (χ1) is 10.3. The van der Waals surface area contributed by atoms with Crippen LogP contribution in [0, 0.1) is 47.3 Å². The van der Waals surface area contributed by atoms with Crippen molar-refractivity contribution >= 4 is 5.78 Å². The van der Waals surface area contributed by atoms with Gasteiger partial charge in [0.2, 0.25) is 0 Å². The van der Waals surface area contributed by atoms with E-state index in [1.165, 1.54) is 25.7 Å². The molecule has 2 aliphatic rings. The molecule has 2 aliphatic carbocycles. The number of hydrogen-bond acceptors (Lipinski definition) is 1. The minimum Gasteiger partial charge on any atom is -0.299 e. The molecule has 0 amide bonds. The van der Waals surface area contributed by atoms with E-state index >= 15 is 0 Å². The van der Waals surface area contributed by atoms with Crippen LogP contribution >= 0.6 is 0 Å². The van der Waals surface area contributed by atoms with E-state index in [1.807, 2.05) is 0 Å². The zero-order chi connectivity index (χ0) is 16.4. The molecule has 6 atom stereocenters. The Balaban J connectivity index is 2.18. The molecule has 0 N–H and O–H groups in total. The van der Waals surface area contributed by atoms with Gasteiger partial charge in [0.1, 0.15) is 5.78 Å². The molecule has 2 fully saturated rings. The van der Waals surface area contributed by atoms with Gasteiger partial charge in [-0.1, -0.05) is 54.4 Å². The summed E-state index contributed by atoms with van der Waals surface area (Å²) in [5.74, 6) is 5.39. The maximum Gasteiger partial charge on any atom is 0.139 e. The predicted molar refractivity (Wildman–Crippen MR) is 94.7 cm³/mol. The second kappa shape index (κ2) is 7.49. The van der Waals surface area contributed by atoms with Gasteiger partial charge in [-0.2, -0.15) is 0 Å². The smallest absolute Gasteiger partial charge is 0.139 e. The normalized spacial score (nSPS) is 40.2. The molecule has 0 radical (unpaired) electrons. The fourth-order valence-corrected chi connectivity index (χ4v) is 5.33. The molecule has 0 unspecified atom stereocenters. The molecule has 2 saturated carbocycles.